The average molecular weight is 238 g/mol. The maximum atomic E-state index is 7.57. The molecule has 2 heteroatoms. The van der Waals surface area contributed by atoms with Gasteiger partial charge in [-0.2, -0.15) is 0 Å². The van der Waals surface area contributed by atoms with Crippen molar-refractivity contribution in [2.75, 3.05) is 6.61 Å². The SMILES string of the molecule is CC(C)c1ccc(C(C)C)cc1.CCCOO. The van der Waals surface area contributed by atoms with Crippen molar-refractivity contribution in [3.8, 4) is 0 Å². The molecule has 17 heavy (non-hydrogen) atoms. The van der Waals surface area contributed by atoms with Gasteiger partial charge in [0.1, 0.15) is 0 Å². The molecule has 0 aliphatic rings. The van der Waals surface area contributed by atoms with Crippen LogP contribution in [0.25, 0.3) is 0 Å². The molecule has 2 nitrogen and oxygen atoms in total. The summed E-state index contributed by atoms with van der Waals surface area (Å²) >= 11 is 0. The summed E-state index contributed by atoms with van der Waals surface area (Å²) < 4.78 is 0. The van der Waals surface area contributed by atoms with E-state index >= 15 is 0 Å². The molecule has 0 spiro atoms. The van der Waals surface area contributed by atoms with E-state index in [1.807, 2.05) is 6.92 Å². The van der Waals surface area contributed by atoms with Crippen LogP contribution in [0.15, 0.2) is 24.3 Å². The zero-order valence-electron chi connectivity index (χ0n) is 11.7. The maximum absolute atomic E-state index is 7.57. The van der Waals surface area contributed by atoms with E-state index < -0.39 is 0 Å². The molecule has 0 aliphatic carbocycles. The van der Waals surface area contributed by atoms with Crippen LogP contribution in [0.4, 0.5) is 0 Å². The molecule has 0 fully saturated rings. The summed E-state index contributed by atoms with van der Waals surface area (Å²) in [4.78, 5) is 3.69. The molecule has 0 saturated heterocycles. The first-order chi connectivity index (χ1) is 8.02. The Morgan fingerprint density at radius 1 is 0.941 bits per heavy atom. The Kier molecular flexibility index (Phi) is 8.73. The van der Waals surface area contributed by atoms with E-state index in [9.17, 15) is 0 Å². The molecule has 1 aromatic rings. The molecule has 0 amide bonds. The van der Waals surface area contributed by atoms with E-state index in [0.717, 1.165) is 6.42 Å². The third-order valence-corrected chi connectivity index (χ3v) is 2.57. The zero-order chi connectivity index (χ0) is 13.3. The molecule has 0 heterocycles. The lowest BCUT2D eigenvalue weighted by molar-refractivity contribution is -0.241. The Morgan fingerprint density at radius 2 is 1.29 bits per heavy atom. The molecule has 1 aromatic carbocycles. The molecule has 0 unspecified atom stereocenters. The second-order valence-electron chi connectivity index (χ2n) is 4.81. The first-order valence-electron chi connectivity index (χ1n) is 6.39. The smallest absolute Gasteiger partial charge is 0.0817 e. The third-order valence-electron chi connectivity index (χ3n) is 2.57. The first-order valence-corrected chi connectivity index (χ1v) is 6.39. The highest BCUT2D eigenvalue weighted by Crippen LogP contribution is 2.18. The minimum absolute atomic E-state index is 0.444. The van der Waals surface area contributed by atoms with Crippen molar-refractivity contribution >= 4 is 0 Å². The van der Waals surface area contributed by atoms with Crippen molar-refractivity contribution in [3.05, 3.63) is 35.4 Å². The van der Waals surface area contributed by atoms with Crippen LogP contribution in [0.3, 0.4) is 0 Å². The molecule has 0 bridgehead atoms. The molecule has 0 saturated carbocycles. The molecule has 0 aliphatic heterocycles. The summed E-state index contributed by atoms with van der Waals surface area (Å²) in [6.07, 6.45) is 0.872. The Labute approximate surface area is 106 Å². The quantitative estimate of drug-likeness (QED) is 0.602. The van der Waals surface area contributed by atoms with Gasteiger partial charge < -0.3 is 0 Å². The second kappa shape index (κ2) is 9.20. The van der Waals surface area contributed by atoms with Crippen molar-refractivity contribution in [2.24, 2.45) is 0 Å². The van der Waals surface area contributed by atoms with Gasteiger partial charge in [0.15, 0.2) is 0 Å². The van der Waals surface area contributed by atoms with Crippen LogP contribution in [0.1, 0.15) is 64.0 Å². The van der Waals surface area contributed by atoms with Gasteiger partial charge in [0.2, 0.25) is 0 Å². The largest absolute Gasteiger partial charge is 0.252 e. The summed E-state index contributed by atoms with van der Waals surface area (Å²) in [5.41, 5.74) is 2.86. The fraction of sp³-hybridized carbons (Fsp3) is 0.600. The van der Waals surface area contributed by atoms with Crippen molar-refractivity contribution in [1.29, 1.82) is 0 Å². The number of rotatable bonds is 4. The van der Waals surface area contributed by atoms with Gasteiger partial charge in [-0.05, 0) is 29.4 Å². The lowest BCUT2D eigenvalue weighted by Crippen LogP contribution is -1.90. The third kappa shape index (κ3) is 7.14. The number of hydrogen-bond acceptors (Lipinski definition) is 2. The van der Waals surface area contributed by atoms with Gasteiger partial charge in [-0.25, -0.2) is 4.89 Å². The number of hydrogen-bond donors (Lipinski definition) is 1. The summed E-state index contributed by atoms with van der Waals surface area (Å²) in [7, 11) is 0. The lowest BCUT2D eigenvalue weighted by Gasteiger charge is -2.08. The average Bonchev–Trinajstić information content (AvgIpc) is 2.31. The van der Waals surface area contributed by atoms with Gasteiger partial charge in [-0.15, -0.1) is 0 Å². The van der Waals surface area contributed by atoms with Crippen molar-refractivity contribution in [2.45, 2.75) is 52.9 Å². The Hall–Kier alpha value is -0.860. The van der Waals surface area contributed by atoms with Gasteiger partial charge >= 0.3 is 0 Å². The predicted octanol–water partition coefficient (Wildman–Crippen LogP) is 4.82. The Morgan fingerprint density at radius 3 is 1.41 bits per heavy atom. The Bertz CT molecular complexity index is 246. The van der Waals surface area contributed by atoms with Crippen LogP contribution in [0.5, 0.6) is 0 Å². The molecular formula is C15H26O2. The van der Waals surface area contributed by atoms with E-state index in [2.05, 4.69) is 56.8 Å². The lowest BCUT2D eigenvalue weighted by atomic mass is 9.97. The highest BCUT2D eigenvalue weighted by molar-refractivity contribution is 5.26. The van der Waals surface area contributed by atoms with Gasteiger partial charge in [-0.1, -0.05) is 58.9 Å². The van der Waals surface area contributed by atoms with E-state index in [-0.39, 0.29) is 0 Å². The maximum Gasteiger partial charge on any atom is 0.0817 e. The highest BCUT2D eigenvalue weighted by Gasteiger charge is 2.00. The molecule has 1 N–H and O–H groups in total. The van der Waals surface area contributed by atoms with Crippen molar-refractivity contribution < 1.29 is 10.1 Å². The topological polar surface area (TPSA) is 29.5 Å². The van der Waals surface area contributed by atoms with Crippen molar-refractivity contribution in [3.63, 3.8) is 0 Å². The minimum atomic E-state index is 0.444. The van der Waals surface area contributed by atoms with E-state index in [1.54, 1.807) is 0 Å². The van der Waals surface area contributed by atoms with Crippen LogP contribution < -0.4 is 0 Å². The van der Waals surface area contributed by atoms with Gasteiger partial charge in [0.05, 0.1) is 6.61 Å². The van der Waals surface area contributed by atoms with E-state index in [1.165, 1.54) is 11.1 Å². The molecular weight excluding hydrogens is 212 g/mol. The molecule has 0 atom stereocenters. The Balaban J connectivity index is 0.000000437. The van der Waals surface area contributed by atoms with Crippen molar-refractivity contribution in [1.82, 2.24) is 0 Å². The summed E-state index contributed by atoms with van der Waals surface area (Å²) in [6, 6.07) is 8.94. The van der Waals surface area contributed by atoms with Crippen LogP contribution in [-0.4, -0.2) is 11.9 Å². The molecule has 0 radical (unpaired) electrons. The molecule has 98 valence electrons. The van der Waals surface area contributed by atoms with Crippen LogP contribution in [-0.2, 0) is 4.89 Å². The van der Waals surface area contributed by atoms with Gasteiger partial charge in [0, 0.05) is 0 Å². The fourth-order valence-electron chi connectivity index (χ4n) is 1.36. The monoisotopic (exact) mass is 238 g/mol. The fourth-order valence-corrected chi connectivity index (χ4v) is 1.36. The first kappa shape index (κ1) is 16.1. The highest BCUT2D eigenvalue weighted by atomic mass is 17.1. The standard InChI is InChI=1S/C12H18.C3H8O2/c1-9(2)11-5-7-12(8-6-11)10(3)4;1-2-3-5-4/h5-10H,1-4H3;4H,2-3H2,1H3. The van der Waals surface area contributed by atoms with Gasteiger partial charge in [0.25, 0.3) is 0 Å². The number of benzene rings is 1. The summed E-state index contributed by atoms with van der Waals surface area (Å²) in [6.45, 7) is 11.3. The van der Waals surface area contributed by atoms with Gasteiger partial charge in [-0.3, -0.25) is 5.26 Å². The van der Waals surface area contributed by atoms with Crippen LogP contribution in [0, 0.1) is 0 Å². The second-order valence-corrected chi connectivity index (χ2v) is 4.81. The summed E-state index contributed by atoms with van der Waals surface area (Å²) in [5.74, 6) is 1.29. The van der Waals surface area contributed by atoms with Crippen LogP contribution in [0.2, 0.25) is 0 Å². The molecule has 1 rings (SSSR count). The van der Waals surface area contributed by atoms with Crippen LogP contribution >= 0.6 is 0 Å². The normalized spacial score (nSPS) is 10.4. The minimum Gasteiger partial charge on any atom is -0.252 e. The van der Waals surface area contributed by atoms with E-state index in [0.29, 0.717) is 18.4 Å². The summed E-state index contributed by atoms with van der Waals surface area (Å²) in [5, 5.41) is 7.57. The molecule has 0 aromatic heterocycles. The van der Waals surface area contributed by atoms with E-state index in [4.69, 9.17) is 5.26 Å². The predicted molar refractivity (Wildman–Crippen MR) is 73.5 cm³/mol. The zero-order valence-corrected chi connectivity index (χ0v) is 11.7.